The number of hydrogen-bond donors (Lipinski definition) is 1. The first-order valence-electron chi connectivity index (χ1n) is 7.97. The molecule has 0 atom stereocenters. The smallest absolute Gasteiger partial charge is 0.220 e. The van der Waals surface area contributed by atoms with Crippen LogP contribution < -0.4 is 5.32 Å². The Morgan fingerprint density at radius 2 is 2.09 bits per heavy atom. The molecule has 2 aromatic rings. The zero-order chi connectivity index (χ0) is 15.4. The van der Waals surface area contributed by atoms with E-state index in [0.717, 1.165) is 12.0 Å². The summed E-state index contributed by atoms with van der Waals surface area (Å²) >= 11 is 0. The van der Waals surface area contributed by atoms with E-state index in [9.17, 15) is 4.79 Å². The van der Waals surface area contributed by atoms with Gasteiger partial charge in [-0.1, -0.05) is 30.3 Å². The van der Waals surface area contributed by atoms with Gasteiger partial charge in [0.05, 0.1) is 0 Å². The topological polar surface area (TPSA) is 42.0 Å². The number of nitrogens with zero attached hydrogens (tertiary/aromatic N) is 1. The van der Waals surface area contributed by atoms with Crippen LogP contribution in [0.4, 0.5) is 0 Å². The third-order valence-corrected chi connectivity index (χ3v) is 4.24. The summed E-state index contributed by atoms with van der Waals surface area (Å²) < 4.78 is 0. The highest BCUT2D eigenvalue weighted by Crippen LogP contribution is 2.39. The predicted octanol–water partition coefficient (Wildman–Crippen LogP) is 3.52. The summed E-state index contributed by atoms with van der Waals surface area (Å²) in [4.78, 5) is 16.3. The Hall–Kier alpha value is -2.16. The van der Waals surface area contributed by atoms with E-state index in [1.807, 2.05) is 24.5 Å². The van der Waals surface area contributed by atoms with Crippen molar-refractivity contribution >= 4 is 5.91 Å². The monoisotopic (exact) mass is 294 g/mol. The lowest BCUT2D eigenvalue weighted by Crippen LogP contribution is -2.23. The fourth-order valence-electron chi connectivity index (χ4n) is 2.67. The Kier molecular flexibility index (Phi) is 4.52. The van der Waals surface area contributed by atoms with Crippen LogP contribution in [-0.2, 0) is 17.8 Å². The van der Waals surface area contributed by atoms with Crippen molar-refractivity contribution in [1.82, 2.24) is 10.3 Å². The van der Waals surface area contributed by atoms with Crippen molar-refractivity contribution in [2.24, 2.45) is 0 Å². The number of carbonyl (C=O) groups is 1. The van der Waals surface area contributed by atoms with Gasteiger partial charge in [0.2, 0.25) is 5.91 Å². The van der Waals surface area contributed by atoms with Crippen LogP contribution in [0.25, 0.3) is 0 Å². The number of carbonyl (C=O) groups excluding carboxylic acids is 1. The molecule has 22 heavy (non-hydrogen) atoms. The number of pyridine rings is 1. The summed E-state index contributed by atoms with van der Waals surface area (Å²) in [5, 5.41) is 3.00. The number of benzene rings is 1. The van der Waals surface area contributed by atoms with E-state index in [0.29, 0.717) is 18.9 Å². The van der Waals surface area contributed by atoms with Crippen LogP contribution >= 0.6 is 0 Å². The van der Waals surface area contributed by atoms with Gasteiger partial charge in [-0.3, -0.25) is 9.78 Å². The minimum absolute atomic E-state index is 0.0973. The molecule has 1 aromatic carbocycles. The highest BCUT2D eigenvalue weighted by Gasteiger charge is 2.23. The molecular weight excluding hydrogens is 272 g/mol. The van der Waals surface area contributed by atoms with E-state index in [4.69, 9.17) is 0 Å². The van der Waals surface area contributed by atoms with E-state index < -0.39 is 0 Å². The Bertz CT molecular complexity index is 662. The maximum atomic E-state index is 12.0. The van der Waals surface area contributed by atoms with E-state index in [1.54, 1.807) is 0 Å². The third kappa shape index (κ3) is 3.94. The molecule has 1 N–H and O–H groups in total. The predicted molar refractivity (Wildman–Crippen MR) is 87.6 cm³/mol. The largest absolute Gasteiger partial charge is 0.352 e. The lowest BCUT2D eigenvalue weighted by molar-refractivity contribution is -0.121. The van der Waals surface area contributed by atoms with E-state index in [1.165, 1.54) is 29.5 Å². The molecule has 0 saturated heterocycles. The molecule has 1 aliphatic carbocycles. The quantitative estimate of drug-likeness (QED) is 0.885. The van der Waals surface area contributed by atoms with E-state index in [2.05, 4.69) is 35.4 Å². The molecule has 0 spiro atoms. The highest BCUT2D eigenvalue weighted by atomic mass is 16.1. The normalized spacial score (nSPS) is 13.9. The van der Waals surface area contributed by atoms with Crippen molar-refractivity contribution in [2.45, 2.75) is 45.1 Å². The molecule has 0 radical (unpaired) electrons. The minimum Gasteiger partial charge on any atom is -0.352 e. The van der Waals surface area contributed by atoms with Crippen molar-refractivity contribution in [3.05, 3.63) is 65.0 Å². The summed E-state index contributed by atoms with van der Waals surface area (Å²) in [6, 6.07) is 10.4. The second-order valence-electron chi connectivity index (χ2n) is 6.10. The van der Waals surface area contributed by atoms with Crippen LogP contribution in [0.5, 0.6) is 0 Å². The Morgan fingerprint density at radius 1 is 1.27 bits per heavy atom. The molecule has 1 amide bonds. The number of hydrogen-bond acceptors (Lipinski definition) is 2. The number of amides is 1. The molecule has 1 aliphatic rings. The maximum absolute atomic E-state index is 12.0. The maximum Gasteiger partial charge on any atom is 0.220 e. The molecule has 114 valence electrons. The van der Waals surface area contributed by atoms with Gasteiger partial charge in [0, 0.05) is 25.4 Å². The number of aryl methyl sites for hydroxylation is 2. The van der Waals surface area contributed by atoms with Crippen LogP contribution in [0.3, 0.4) is 0 Å². The van der Waals surface area contributed by atoms with Crippen LogP contribution in [0.2, 0.25) is 0 Å². The molecule has 1 saturated carbocycles. The van der Waals surface area contributed by atoms with Crippen LogP contribution in [0, 0.1) is 6.92 Å². The Labute approximate surface area is 131 Å². The van der Waals surface area contributed by atoms with Gasteiger partial charge in [0.25, 0.3) is 0 Å². The summed E-state index contributed by atoms with van der Waals surface area (Å²) in [5.41, 5.74) is 4.90. The molecule has 3 heteroatoms. The Morgan fingerprint density at radius 3 is 2.86 bits per heavy atom. The van der Waals surface area contributed by atoms with Gasteiger partial charge in [-0.05, 0) is 54.4 Å². The van der Waals surface area contributed by atoms with E-state index in [-0.39, 0.29) is 5.91 Å². The number of rotatable bonds is 6. The SMILES string of the molecule is Cc1ccccc1CCC(=O)NCc1cncc(C2CC2)c1. The summed E-state index contributed by atoms with van der Waals surface area (Å²) in [7, 11) is 0. The number of aromatic nitrogens is 1. The second-order valence-corrected chi connectivity index (χ2v) is 6.10. The molecule has 1 heterocycles. The van der Waals surface area contributed by atoms with Crippen molar-refractivity contribution < 1.29 is 4.79 Å². The molecule has 3 rings (SSSR count). The second kappa shape index (κ2) is 6.73. The third-order valence-electron chi connectivity index (χ3n) is 4.24. The first-order valence-corrected chi connectivity index (χ1v) is 7.97. The molecule has 0 bridgehead atoms. The van der Waals surface area contributed by atoms with Gasteiger partial charge in [-0.2, -0.15) is 0 Å². The molecule has 3 nitrogen and oxygen atoms in total. The standard InChI is InChI=1S/C19H22N2O/c1-14-4-2-3-5-16(14)8-9-19(22)21-12-15-10-18(13-20-11-15)17-6-7-17/h2-5,10-11,13,17H,6-9,12H2,1H3,(H,21,22). The molecule has 1 aromatic heterocycles. The van der Waals surface area contributed by atoms with Crippen molar-refractivity contribution in [2.75, 3.05) is 0 Å². The fraction of sp³-hybridized carbons (Fsp3) is 0.368. The average Bonchev–Trinajstić information content (AvgIpc) is 3.37. The number of nitrogens with one attached hydrogen (secondary N) is 1. The van der Waals surface area contributed by atoms with Crippen molar-refractivity contribution in [1.29, 1.82) is 0 Å². The zero-order valence-electron chi connectivity index (χ0n) is 13.0. The Balaban J connectivity index is 1.48. The van der Waals surface area contributed by atoms with Gasteiger partial charge in [-0.15, -0.1) is 0 Å². The minimum atomic E-state index is 0.0973. The summed E-state index contributed by atoms with van der Waals surface area (Å²) in [6.07, 6.45) is 7.65. The van der Waals surface area contributed by atoms with Crippen molar-refractivity contribution in [3.63, 3.8) is 0 Å². The molecular formula is C19H22N2O. The molecule has 1 fully saturated rings. The summed E-state index contributed by atoms with van der Waals surface area (Å²) in [5.74, 6) is 0.796. The van der Waals surface area contributed by atoms with Crippen LogP contribution in [0.1, 0.15) is 47.4 Å². The lowest BCUT2D eigenvalue weighted by atomic mass is 10.0. The first-order chi connectivity index (χ1) is 10.7. The van der Waals surface area contributed by atoms with Gasteiger partial charge in [0.1, 0.15) is 0 Å². The first kappa shape index (κ1) is 14.8. The summed E-state index contributed by atoms with van der Waals surface area (Å²) in [6.45, 7) is 2.66. The van der Waals surface area contributed by atoms with Crippen LogP contribution in [0.15, 0.2) is 42.7 Å². The average molecular weight is 294 g/mol. The molecule has 0 aliphatic heterocycles. The van der Waals surface area contributed by atoms with Crippen molar-refractivity contribution in [3.8, 4) is 0 Å². The lowest BCUT2D eigenvalue weighted by Gasteiger charge is -2.08. The van der Waals surface area contributed by atoms with Gasteiger partial charge in [-0.25, -0.2) is 0 Å². The zero-order valence-corrected chi connectivity index (χ0v) is 13.0. The van der Waals surface area contributed by atoms with E-state index >= 15 is 0 Å². The van der Waals surface area contributed by atoms with Gasteiger partial charge < -0.3 is 5.32 Å². The van der Waals surface area contributed by atoms with Gasteiger partial charge >= 0.3 is 0 Å². The highest BCUT2D eigenvalue weighted by molar-refractivity contribution is 5.76. The van der Waals surface area contributed by atoms with Crippen LogP contribution in [-0.4, -0.2) is 10.9 Å². The molecule has 0 unspecified atom stereocenters. The fourth-order valence-corrected chi connectivity index (χ4v) is 2.67. The van der Waals surface area contributed by atoms with Gasteiger partial charge in [0.15, 0.2) is 0 Å².